The molecule has 0 saturated carbocycles. The van der Waals surface area contributed by atoms with Gasteiger partial charge in [-0.05, 0) is 25.0 Å². The number of rotatable bonds is 6. The average Bonchev–Trinajstić information content (AvgIpc) is 2.65. The first-order valence-corrected chi connectivity index (χ1v) is 5.51. The summed E-state index contributed by atoms with van der Waals surface area (Å²) >= 11 is 0. The summed E-state index contributed by atoms with van der Waals surface area (Å²) in [7, 11) is 0. The van der Waals surface area contributed by atoms with Crippen LogP contribution >= 0.6 is 0 Å². The first-order chi connectivity index (χ1) is 6.38. The van der Waals surface area contributed by atoms with E-state index in [2.05, 4.69) is 42.9 Å². The van der Waals surface area contributed by atoms with E-state index in [9.17, 15) is 0 Å². The maximum Gasteiger partial charge on any atom is 0.0328 e. The summed E-state index contributed by atoms with van der Waals surface area (Å²) in [5, 5.41) is 0. The summed E-state index contributed by atoms with van der Waals surface area (Å²) in [5.41, 5.74) is 0. The minimum absolute atomic E-state index is 0.724. The number of hydrogen-bond acceptors (Lipinski definition) is 0. The van der Waals surface area contributed by atoms with Gasteiger partial charge in [0.25, 0.3) is 0 Å². The van der Waals surface area contributed by atoms with E-state index in [1.54, 1.807) is 0 Å². The summed E-state index contributed by atoms with van der Waals surface area (Å²) < 4.78 is 2.34. The van der Waals surface area contributed by atoms with Crippen LogP contribution in [0.3, 0.4) is 0 Å². The molecule has 13 heavy (non-hydrogen) atoms. The minimum atomic E-state index is 0.724. The topological polar surface area (TPSA) is 4.93 Å². The van der Waals surface area contributed by atoms with Crippen LogP contribution in [-0.4, -0.2) is 4.57 Å². The van der Waals surface area contributed by atoms with Crippen LogP contribution in [0.4, 0.5) is 0 Å². The fourth-order valence-electron chi connectivity index (χ4n) is 1.79. The van der Waals surface area contributed by atoms with Crippen molar-refractivity contribution in [1.29, 1.82) is 0 Å². The molecule has 0 saturated heterocycles. The lowest BCUT2D eigenvalue weighted by Gasteiger charge is -2.16. The molecule has 0 aliphatic rings. The predicted molar refractivity (Wildman–Crippen MR) is 57.9 cm³/mol. The molecular weight excluding hydrogens is 158 g/mol. The van der Waals surface area contributed by atoms with E-state index in [-0.39, 0.29) is 0 Å². The van der Waals surface area contributed by atoms with Crippen LogP contribution in [0, 0.1) is 0 Å². The molecule has 0 amide bonds. The van der Waals surface area contributed by atoms with Crippen molar-refractivity contribution >= 4 is 0 Å². The van der Waals surface area contributed by atoms with Crippen molar-refractivity contribution in [1.82, 2.24) is 4.57 Å². The molecule has 0 aliphatic carbocycles. The van der Waals surface area contributed by atoms with E-state index in [1.807, 2.05) is 0 Å². The zero-order chi connectivity index (χ0) is 9.52. The summed E-state index contributed by atoms with van der Waals surface area (Å²) in [6.07, 6.45) is 11.0. The van der Waals surface area contributed by atoms with Crippen LogP contribution in [-0.2, 0) is 0 Å². The Morgan fingerprint density at radius 2 is 1.77 bits per heavy atom. The first kappa shape index (κ1) is 10.4. The zero-order valence-corrected chi connectivity index (χ0v) is 8.87. The minimum Gasteiger partial charge on any atom is -0.351 e. The number of aromatic nitrogens is 1. The Labute approximate surface area is 81.8 Å². The fourth-order valence-corrected chi connectivity index (χ4v) is 1.79. The Morgan fingerprint density at radius 3 is 2.31 bits per heavy atom. The molecular formula is C12H21N. The fraction of sp³-hybridized carbons (Fsp3) is 0.667. The SMILES string of the molecule is CCCCCC(CC)n1cccc1. The lowest BCUT2D eigenvalue weighted by Crippen LogP contribution is -2.05. The second-order valence-electron chi connectivity index (χ2n) is 3.69. The Morgan fingerprint density at radius 1 is 1.08 bits per heavy atom. The Balaban J connectivity index is 2.35. The van der Waals surface area contributed by atoms with Crippen molar-refractivity contribution in [3.8, 4) is 0 Å². The van der Waals surface area contributed by atoms with Gasteiger partial charge in [-0.25, -0.2) is 0 Å². The molecule has 1 heteroatoms. The van der Waals surface area contributed by atoms with Gasteiger partial charge in [-0.15, -0.1) is 0 Å². The second-order valence-corrected chi connectivity index (χ2v) is 3.69. The van der Waals surface area contributed by atoms with E-state index in [0.29, 0.717) is 0 Å². The van der Waals surface area contributed by atoms with Crippen molar-refractivity contribution in [2.45, 2.75) is 52.0 Å². The maximum atomic E-state index is 2.34. The number of hydrogen-bond donors (Lipinski definition) is 0. The molecule has 0 spiro atoms. The third-order valence-electron chi connectivity index (χ3n) is 2.66. The highest BCUT2D eigenvalue weighted by Crippen LogP contribution is 2.19. The molecule has 74 valence electrons. The molecule has 0 N–H and O–H groups in total. The molecule has 0 aliphatic heterocycles. The summed E-state index contributed by atoms with van der Waals surface area (Å²) in [5.74, 6) is 0. The summed E-state index contributed by atoms with van der Waals surface area (Å²) in [4.78, 5) is 0. The summed E-state index contributed by atoms with van der Waals surface area (Å²) in [6, 6.07) is 4.95. The molecule has 1 rings (SSSR count). The smallest absolute Gasteiger partial charge is 0.0328 e. The van der Waals surface area contributed by atoms with Crippen LogP contribution in [0.5, 0.6) is 0 Å². The standard InChI is InChI=1S/C12H21N/c1-3-5-6-9-12(4-2)13-10-7-8-11-13/h7-8,10-12H,3-6,9H2,1-2H3. The van der Waals surface area contributed by atoms with E-state index in [4.69, 9.17) is 0 Å². The van der Waals surface area contributed by atoms with Gasteiger partial charge in [0.05, 0.1) is 0 Å². The molecule has 1 nitrogen and oxygen atoms in total. The average molecular weight is 179 g/mol. The van der Waals surface area contributed by atoms with Gasteiger partial charge >= 0.3 is 0 Å². The molecule has 1 aromatic rings. The van der Waals surface area contributed by atoms with E-state index in [0.717, 1.165) is 6.04 Å². The van der Waals surface area contributed by atoms with Crippen molar-refractivity contribution in [2.24, 2.45) is 0 Å². The number of unbranched alkanes of at least 4 members (excludes halogenated alkanes) is 2. The van der Waals surface area contributed by atoms with Gasteiger partial charge in [0, 0.05) is 18.4 Å². The highest BCUT2D eigenvalue weighted by atomic mass is 15.0. The largest absolute Gasteiger partial charge is 0.351 e. The van der Waals surface area contributed by atoms with Crippen LogP contribution in [0.25, 0.3) is 0 Å². The van der Waals surface area contributed by atoms with Crippen LogP contribution in [0.1, 0.15) is 52.0 Å². The van der Waals surface area contributed by atoms with E-state index >= 15 is 0 Å². The quantitative estimate of drug-likeness (QED) is 0.581. The second kappa shape index (κ2) is 5.85. The third-order valence-corrected chi connectivity index (χ3v) is 2.66. The molecule has 1 unspecified atom stereocenters. The Kier molecular flexibility index (Phi) is 4.66. The molecule has 0 radical (unpaired) electrons. The van der Waals surface area contributed by atoms with Gasteiger partial charge in [0.2, 0.25) is 0 Å². The van der Waals surface area contributed by atoms with Crippen LogP contribution in [0.15, 0.2) is 24.5 Å². The third kappa shape index (κ3) is 3.25. The molecule has 0 aromatic carbocycles. The van der Waals surface area contributed by atoms with Gasteiger partial charge in [-0.2, -0.15) is 0 Å². The van der Waals surface area contributed by atoms with Crippen molar-refractivity contribution in [3.63, 3.8) is 0 Å². The van der Waals surface area contributed by atoms with E-state index < -0.39 is 0 Å². The van der Waals surface area contributed by atoms with Gasteiger partial charge < -0.3 is 4.57 Å². The molecule has 1 heterocycles. The van der Waals surface area contributed by atoms with Crippen molar-refractivity contribution in [2.75, 3.05) is 0 Å². The molecule has 0 fully saturated rings. The van der Waals surface area contributed by atoms with Crippen molar-refractivity contribution in [3.05, 3.63) is 24.5 Å². The van der Waals surface area contributed by atoms with Gasteiger partial charge in [-0.3, -0.25) is 0 Å². The summed E-state index contributed by atoms with van der Waals surface area (Å²) in [6.45, 7) is 4.53. The Bertz CT molecular complexity index is 201. The lowest BCUT2D eigenvalue weighted by molar-refractivity contribution is 0.432. The Hall–Kier alpha value is -0.720. The van der Waals surface area contributed by atoms with Gasteiger partial charge in [0.1, 0.15) is 0 Å². The monoisotopic (exact) mass is 179 g/mol. The lowest BCUT2D eigenvalue weighted by atomic mass is 10.1. The van der Waals surface area contributed by atoms with E-state index in [1.165, 1.54) is 32.1 Å². The predicted octanol–water partition coefficient (Wildman–Crippen LogP) is 4.02. The maximum absolute atomic E-state index is 2.34. The molecule has 1 atom stereocenters. The molecule has 1 aromatic heterocycles. The van der Waals surface area contributed by atoms with Crippen molar-refractivity contribution < 1.29 is 0 Å². The highest BCUT2D eigenvalue weighted by molar-refractivity contribution is 4.92. The van der Waals surface area contributed by atoms with Crippen LogP contribution < -0.4 is 0 Å². The van der Waals surface area contributed by atoms with Gasteiger partial charge in [0.15, 0.2) is 0 Å². The first-order valence-electron chi connectivity index (χ1n) is 5.51. The van der Waals surface area contributed by atoms with Gasteiger partial charge in [-0.1, -0.05) is 33.1 Å². The normalized spacial score (nSPS) is 13.1. The zero-order valence-electron chi connectivity index (χ0n) is 8.87. The molecule has 0 bridgehead atoms. The highest BCUT2D eigenvalue weighted by Gasteiger charge is 2.05. The number of nitrogens with zero attached hydrogens (tertiary/aromatic N) is 1. The van der Waals surface area contributed by atoms with Crippen LogP contribution in [0.2, 0.25) is 0 Å².